The fourth-order valence-electron chi connectivity index (χ4n) is 2.85. The zero-order valence-electron chi connectivity index (χ0n) is 14.6. The van der Waals surface area contributed by atoms with Crippen molar-refractivity contribution in [2.24, 2.45) is 0 Å². The van der Waals surface area contributed by atoms with Crippen LogP contribution in [0, 0.1) is 13.8 Å². The smallest absolute Gasteiger partial charge is 0.306 e. The van der Waals surface area contributed by atoms with E-state index in [1.807, 2.05) is 44.2 Å². The second-order valence-electron chi connectivity index (χ2n) is 6.09. The van der Waals surface area contributed by atoms with Crippen molar-refractivity contribution in [1.82, 2.24) is 4.98 Å². The molecule has 5 nitrogen and oxygen atoms in total. The number of rotatable bonds is 7. The van der Waals surface area contributed by atoms with E-state index in [0.29, 0.717) is 10.4 Å². The van der Waals surface area contributed by atoms with E-state index in [1.165, 1.54) is 11.3 Å². The summed E-state index contributed by atoms with van der Waals surface area (Å²) < 4.78 is 5.07. The van der Waals surface area contributed by atoms with Gasteiger partial charge in [0.2, 0.25) is 5.78 Å². The molecule has 26 heavy (non-hydrogen) atoms. The van der Waals surface area contributed by atoms with Crippen molar-refractivity contribution in [3.05, 3.63) is 57.4 Å². The molecule has 0 fully saturated rings. The van der Waals surface area contributed by atoms with Gasteiger partial charge in [-0.1, -0.05) is 18.2 Å². The summed E-state index contributed by atoms with van der Waals surface area (Å²) in [6, 6.07) is 11.1. The van der Waals surface area contributed by atoms with Crippen LogP contribution in [-0.2, 0) is 9.53 Å². The average Bonchev–Trinajstić information content (AvgIpc) is 3.20. The number of fused-ring (bicyclic) bond motifs is 1. The molecular formula is C20H19NO4S. The monoisotopic (exact) mass is 369 g/mol. The molecule has 0 radical (unpaired) electrons. The van der Waals surface area contributed by atoms with Crippen molar-refractivity contribution in [2.75, 3.05) is 6.61 Å². The summed E-state index contributed by atoms with van der Waals surface area (Å²) in [6.07, 6.45) is 0.0506. The third-order valence-corrected chi connectivity index (χ3v) is 5.15. The molecule has 134 valence electrons. The Kier molecular flexibility index (Phi) is 5.32. The molecule has 0 aliphatic rings. The lowest BCUT2D eigenvalue weighted by Crippen LogP contribution is -2.15. The van der Waals surface area contributed by atoms with Crippen LogP contribution in [0.4, 0.5) is 0 Å². The number of esters is 1. The Morgan fingerprint density at radius 2 is 1.77 bits per heavy atom. The van der Waals surface area contributed by atoms with Gasteiger partial charge in [-0.2, -0.15) is 0 Å². The maximum Gasteiger partial charge on any atom is 0.306 e. The molecule has 0 spiro atoms. The van der Waals surface area contributed by atoms with E-state index >= 15 is 0 Å². The molecule has 0 bridgehead atoms. The topological polar surface area (TPSA) is 76.2 Å². The maximum absolute atomic E-state index is 12.4. The highest BCUT2D eigenvalue weighted by Gasteiger charge is 2.18. The summed E-state index contributed by atoms with van der Waals surface area (Å²) in [5, 5.41) is 0.814. The predicted molar refractivity (Wildman–Crippen MR) is 101 cm³/mol. The van der Waals surface area contributed by atoms with Crippen molar-refractivity contribution in [1.29, 1.82) is 0 Å². The minimum atomic E-state index is -0.544. The number of ketones is 2. The molecule has 0 aliphatic heterocycles. The molecular weight excluding hydrogens is 350 g/mol. The first-order valence-corrected chi connectivity index (χ1v) is 9.13. The summed E-state index contributed by atoms with van der Waals surface area (Å²) in [6.45, 7) is 3.42. The highest BCUT2D eigenvalue weighted by atomic mass is 32.1. The molecule has 0 unspecified atom stereocenters. The Bertz CT molecular complexity index is 983. The van der Waals surface area contributed by atoms with Crippen molar-refractivity contribution < 1.29 is 19.1 Å². The van der Waals surface area contributed by atoms with E-state index < -0.39 is 5.97 Å². The molecule has 2 aromatic heterocycles. The predicted octanol–water partition coefficient (Wildman–Crippen LogP) is 4.24. The van der Waals surface area contributed by atoms with Gasteiger partial charge in [0.15, 0.2) is 12.4 Å². The third kappa shape index (κ3) is 3.91. The van der Waals surface area contributed by atoms with Crippen LogP contribution in [0.15, 0.2) is 36.4 Å². The van der Waals surface area contributed by atoms with Crippen LogP contribution in [0.1, 0.15) is 43.4 Å². The number of para-hydroxylation sites is 1. The van der Waals surface area contributed by atoms with Crippen molar-refractivity contribution in [3.8, 4) is 0 Å². The number of hydrogen-bond acceptors (Lipinski definition) is 5. The van der Waals surface area contributed by atoms with Gasteiger partial charge in [-0.3, -0.25) is 14.4 Å². The van der Waals surface area contributed by atoms with Gasteiger partial charge >= 0.3 is 5.97 Å². The van der Waals surface area contributed by atoms with Crippen LogP contribution in [0.2, 0.25) is 0 Å². The van der Waals surface area contributed by atoms with E-state index in [4.69, 9.17) is 4.74 Å². The van der Waals surface area contributed by atoms with Gasteiger partial charge in [0, 0.05) is 33.5 Å². The van der Waals surface area contributed by atoms with E-state index in [0.717, 1.165) is 21.5 Å². The molecule has 6 heteroatoms. The molecule has 0 saturated carbocycles. The number of ether oxygens (including phenoxy) is 1. The SMILES string of the molecule is Cc1ccc(C(=O)CCC(=O)OCC(=O)c2c(C)[nH]c3ccccc23)s1. The molecule has 1 aromatic carbocycles. The molecule has 0 amide bonds. The number of carbonyl (C=O) groups excluding carboxylic acids is 3. The largest absolute Gasteiger partial charge is 0.457 e. The Morgan fingerprint density at radius 3 is 2.50 bits per heavy atom. The van der Waals surface area contributed by atoms with E-state index in [1.54, 1.807) is 6.07 Å². The average molecular weight is 369 g/mol. The third-order valence-electron chi connectivity index (χ3n) is 4.11. The molecule has 0 atom stereocenters. The number of aromatic amines is 1. The zero-order chi connectivity index (χ0) is 18.7. The highest BCUT2D eigenvalue weighted by Crippen LogP contribution is 2.22. The Hall–Kier alpha value is -2.73. The number of H-pyrrole nitrogens is 1. The summed E-state index contributed by atoms with van der Waals surface area (Å²) in [4.78, 5) is 41.2. The van der Waals surface area contributed by atoms with E-state index in [-0.39, 0.29) is 31.0 Å². The summed E-state index contributed by atoms with van der Waals surface area (Å²) in [5.74, 6) is -0.884. The lowest BCUT2D eigenvalue weighted by atomic mass is 10.1. The van der Waals surface area contributed by atoms with Crippen molar-refractivity contribution >= 4 is 39.8 Å². The molecule has 0 aliphatic carbocycles. The molecule has 3 aromatic rings. The first-order valence-electron chi connectivity index (χ1n) is 8.31. The molecule has 3 rings (SSSR count). The Balaban J connectivity index is 1.55. The first kappa shape index (κ1) is 18.1. The van der Waals surface area contributed by atoms with E-state index in [2.05, 4.69) is 4.98 Å². The number of carbonyl (C=O) groups is 3. The summed E-state index contributed by atoms with van der Waals surface area (Å²) >= 11 is 1.41. The lowest BCUT2D eigenvalue weighted by molar-refractivity contribution is -0.142. The summed E-state index contributed by atoms with van der Waals surface area (Å²) in [5.41, 5.74) is 2.16. The molecule has 0 saturated heterocycles. The second kappa shape index (κ2) is 7.66. The van der Waals surface area contributed by atoms with Gasteiger partial charge in [0.25, 0.3) is 0 Å². The quantitative estimate of drug-likeness (QED) is 0.499. The van der Waals surface area contributed by atoms with Crippen LogP contribution in [-0.4, -0.2) is 29.1 Å². The van der Waals surface area contributed by atoms with E-state index in [9.17, 15) is 14.4 Å². The van der Waals surface area contributed by atoms with Crippen LogP contribution in [0.25, 0.3) is 10.9 Å². The lowest BCUT2D eigenvalue weighted by Gasteiger charge is -2.04. The first-order chi connectivity index (χ1) is 12.5. The van der Waals surface area contributed by atoms with Crippen LogP contribution >= 0.6 is 11.3 Å². The molecule has 2 heterocycles. The number of aryl methyl sites for hydroxylation is 2. The van der Waals surface area contributed by atoms with Gasteiger partial charge in [0.05, 0.1) is 11.3 Å². The second-order valence-corrected chi connectivity index (χ2v) is 7.38. The van der Waals surface area contributed by atoms with Gasteiger partial charge in [0.1, 0.15) is 0 Å². The van der Waals surface area contributed by atoms with Gasteiger partial charge in [-0.05, 0) is 32.0 Å². The van der Waals surface area contributed by atoms with Crippen molar-refractivity contribution in [2.45, 2.75) is 26.7 Å². The van der Waals surface area contributed by atoms with Gasteiger partial charge in [-0.25, -0.2) is 0 Å². The fraction of sp³-hybridized carbons (Fsp3) is 0.250. The number of Topliss-reactive ketones (excluding diaryl/α,β-unsaturated/α-hetero) is 2. The maximum atomic E-state index is 12.4. The van der Waals surface area contributed by atoms with Crippen molar-refractivity contribution in [3.63, 3.8) is 0 Å². The number of thiophene rings is 1. The fourth-order valence-corrected chi connectivity index (χ4v) is 3.68. The van der Waals surface area contributed by atoms with Gasteiger partial charge in [-0.15, -0.1) is 11.3 Å². The normalized spacial score (nSPS) is 10.8. The Morgan fingerprint density at radius 1 is 1.00 bits per heavy atom. The van der Waals surface area contributed by atoms with Gasteiger partial charge < -0.3 is 9.72 Å². The zero-order valence-corrected chi connectivity index (χ0v) is 15.4. The number of aromatic nitrogens is 1. The van der Waals surface area contributed by atoms with Crippen LogP contribution in [0.5, 0.6) is 0 Å². The number of hydrogen-bond donors (Lipinski definition) is 1. The standard InChI is InChI=1S/C20H19NO4S/c1-12-7-9-18(26-12)16(22)8-10-19(24)25-11-17(23)20-13(2)21-15-6-4-3-5-14(15)20/h3-7,9,21H,8,10-11H2,1-2H3. The minimum absolute atomic E-state index is 0.0318. The van der Waals surface area contributed by atoms with Crippen LogP contribution in [0.3, 0.4) is 0 Å². The highest BCUT2D eigenvalue weighted by molar-refractivity contribution is 7.14. The Labute approximate surface area is 155 Å². The molecule has 1 N–H and O–H groups in total. The minimum Gasteiger partial charge on any atom is -0.457 e. The number of benzene rings is 1. The van der Waals surface area contributed by atoms with Crippen LogP contribution < -0.4 is 0 Å². The summed E-state index contributed by atoms with van der Waals surface area (Å²) in [7, 11) is 0. The number of nitrogens with one attached hydrogen (secondary N) is 1.